The highest BCUT2D eigenvalue weighted by Crippen LogP contribution is 2.35. The van der Waals surface area contributed by atoms with E-state index < -0.39 is 5.54 Å². The first-order valence-electron chi connectivity index (χ1n) is 9.77. The highest BCUT2D eigenvalue weighted by molar-refractivity contribution is 5.95. The van der Waals surface area contributed by atoms with Gasteiger partial charge in [-0.15, -0.1) is 0 Å². The summed E-state index contributed by atoms with van der Waals surface area (Å²) in [5.74, 6) is 0.623. The lowest BCUT2D eigenvalue weighted by atomic mass is 9.94. The molecule has 0 fully saturated rings. The molecule has 0 saturated heterocycles. The third kappa shape index (κ3) is 4.53. The molecule has 1 aliphatic rings. The van der Waals surface area contributed by atoms with Crippen LogP contribution in [0.1, 0.15) is 36.2 Å². The lowest BCUT2D eigenvalue weighted by molar-refractivity contribution is -0.123. The first kappa shape index (κ1) is 20.7. The molecule has 0 spiro atoms. The Bertz CT molecular complexity index is 893. The van der Waals surface area contributed by atoms with E-state index in [4.69, 9.17) is 4.74 Å². The summed E-state index contributed by atoms with van der Waals surface area (Å²) < 4.78 is 5.87. The SMILES string of the molecule is CN(C)C(=O)c1ccc2c(c1)N(C)[C@H](CC(=O)NC(C)(C)c1ccccc1)CO2. The fourth-order valence-electron chi connectivity index (χ4n) is 3.54. The molecule has 3 rings (SSSR count). The van der Waals surface area contributed by atoms with Gasteiger partial charge in [-0.2, -0.15) is 0 Å². The van der Waals surface area contributed by atoms with E-state index in [1.807, 2.05) is 68.3 Å². The van der Waals surface area contributed by atoms with Crippen LogP contribution in [-0.4, -0.2) is 50.5 Å². The number of nitrogens with one attached hydrogen (secondary N) is 1. The van der Waals surface area contributed by atoms with Crippen LogP contribution in [0.25, 0.3) is 0 Å². The third-order valence-corrected chi connectivity index (χ3v) is 5.34. The van der Waals surface area contributed by atoms with Gasteiger partial charge in [-0.25, -0.2) is 0 Å². The molecule has 2 amide bonds. The van der Waals surface area contributed by atoms with Crippen molar-refractivity contribution in [3.8, 4) is 5.75 Å². The van der Waals surface area contributed by atoms with Gasteiger partial charge in [-0.05, 0) is 37.6 Å². The molecule has 29 heavy (non-hydrogen) atoms. The van der Waals surface area contributed by atoms with Crippen LogP contribution in [0.3, 0.4) is 0 Å². The van der Waals surface area contributed by atoms with Gasteiger partial charge >= 0.3 is 0 Å². The fraction of sp³-hybridized carbons (Fsp3) is 0.391. The third-order valence-electron chi connectivity index (χ3n) is 5.34. The quantitative estimate of drug-likeness (QED) is 0.845. The molecule has 0 aliphatic carbocycles. The molecule has 1 heterocycles. The lowest BCUT2D eigenvalue weighted by Gasteiger charge is -2.36. The number of anilines is 1. The van der Waals surface area contributed by atoms with Crippen molar-refractivity contribution in [2.45, 2.75) is 31.8 Å². The van der Waals surface area contributed by atoms with Crippen LogP contribution < -0.4 is 15.0 Å². The van der Waals surface area contributed by atoms with E-state index in [9.17, 15) is 9.59 Å². The number of amides is 2. The number of ether oxygens (including phenoxy) is 1. The Morgan fingerprint density at radius 1 is 1.17 bits per heavy atom. The maximum Gasteiger partial charge on any atom is 0.253 e. The second-order valence-corrected chi connectivity index (χ2v) is 8.20. The van der Waals surface area contributed by atoms with Gasteiger partial charge < -0.3 is 19.9 Å². The molecule has 0 aromatic heterocycles. The summed E-state index contributed by atoms with van der Waals surface area (Å²) in [4.78, 5) is 28.6. The number of benzene rings is 2. The highest BCUT2D eigenvalue weighted by Gasteiger charge is 2.30. The number of likely N-dealkylation sites (N-methyl/N-ethyl adjacent to an activating group) is 1. The summed E-state index contributed by atoms with van der Waals surface area (Å²) in [6.45, 7) is 4.41. The largest absolute Gasteiger partial charge is 0.489 e. The summed E-state index contributed by atoms with van der Waals surface area (Å²) in [6, 6.07) is 15.2. The Balaban J connectivity index is 1.71. The van der Waals surface area contributed by atoms with Crippen molar-refractivity contribution in [2.24, 2.45) is 0 Å². The van der Waals surface area contributed by atoms with Crippen LogP contribution in [0.15, 0.2) is 48.5 Å². The molecular weight excluding hydrogens is 366 g/mol. The zero-order valence-electron chi connectivity index (χ0n) is 17.7. The van der Waals surface area contributed by atoms with Crippen LogP contribution in [0.2, 0.25) is 0 Å². The van der Waals surface area contributed by atoms with E-state index in [-0.39, 0.29) is 17.9 Å². The van der Waals surface area contributed by atoms with E-state index in [0.717, 1.165) is 17.0 Å². The fourth-order valence-corrected chi connectivity index (χ4v) is 3.54. The van der Waals surface area contributed by atoms with Gasteiger partial charge in [0.25, 0.3) is 5.91 Å². The molecule has 154 valence electrons. The van der Waals surface area contributed by atoms with Crippen LogP contribution in [0.5, 0.6) is 5.75 Å². The van der Waals surface area contributed by atoms with Crippen molar-refractivity contribution in [1.82, 2.24) is 10.2 Å². The predicted molar refractivity (Wildman–Crippen MR) is 114 cm³/mol. The summed E-state index contributed by atoms with van der Waals surface area (Å²) in [7, 11) is 5.39. The molecule has 2 aromatic rings. The number of carbonyl (C=O) groups excluding carboxylic acids is 2. The van der Waals surface area contributed by atoms with Crippen molar-refractivity contribution in [3.05, 3.63) is 59.7 Å². The zero-order chi connectivity index (χ0) is 21.2. The van der Waals surface area contributed by atoms with Crippen molar-refractivity contribution in [3.63, 3.8) is 0 Å². The normalized spacial score (nSPS) is 15.9. The van der Waals surface area contributed by atoms with Gasteiger partial charge in [0, 0.05) is 26.7 Å². The Kier molecular flexibility index (Phi) is 5.82. The van der Waals surface area contributed by atoms with Crippen molar-refractivity contribution < 1.29 is 14.3 Å². The number of hydrogen-bond acceptors (Lipinski definition) is 4. The minimum Gasteiger partial charge on any atom is -0.489 e. The monoisotopic (exact) mass is 395 g/mol. The summed E-state index contributed by atoms with van der Waals surface area (Å²) >= 11 is 0. The maximum atomic E-state index is 12.8. The number of nitrogens with zero attached hydrogens (tertiary/aromatic N) is 2. The minimum absolute atomic E-state index is 0.0386. The second-order valence-electron chi connectivity index (χ2n) is 8.20. The van der Waals surface area contributed by atoms with E-state index in [2.05, 4.69) is 5.32 Å². The number of carbonyl (C=O) groups is 2. The van der Waals surface area contributed by atoms with Crippen LogP contribution in [0, 0.1) is 0 Å². The molecule has 0 bridgehead atoms. The summed E-state index contributed by atoms with van der Waals surface area (Å²) in [6.07, 6.45) is 0.304. The summed E-state index contributed by atoms with van der Waals surface area (Å²) in [5, 5.41) is 3.13. The van der Waals surface area contributed by atoms with Crippen LogP contribution >= 0.6 is 0 Å². The van der Waals surface area contributed by atoms with E-state index >= 15 is 0 Å². The van der Waals surface area contributed by atoms with Crippen molar-refractivity contribution >= 4 is 17.5 Å². The average Bonchev–Trinajstić information content (AvgIpc) is 2.69. The smallest absolute Gasteiger partial charge is 0.253 e. The van der Waals surface area contributed by atoms with Crippen molar-refractivity contribution in [2.75, 3.05) is 32.6 Å². The Morgan fingerprint density at radius 2 is 1.86 bits per heavy atom. The first-order chi connectivity index (χ1) is 13.7. The van der Waals surface area contributed by atoms with Gasteiger partial charge in [0.1, 0.15) is 12.4 Å². The number of hydrogen-bond donors (Lipinski definition) is 1. The number of fused-ring (bicyclic) bond motifs is 1. The molecule has 2 aromatic carbocycles. The Hall–Kier alpha value is -3.02. The van der Waals surface area contributed by atoms with Crippen molar-refractivity contribution in [1.29, 1.82) is 0 Å². The van der Waals surface area contributed by atoms with E-state index in [1.165, 1.54) is 0 Å². The molecule has 0 saturated carbocycles. The second kappa shape index (κ2) is 8.15. The predicted octanol–water partition coefficient (Wildman–Crippen LogP) is 3.03. The van der Waals surface area contributed by atoms with Crippen LogP contribution in [-0.2, 0) is 10.3 Å². The molecule has 6 heteroatoms. The summed E-state index contributed by atoms with van der Waals surface area (Å²) in [5.41, 5.74) is 2.01. The first-order valence-corrected chi connectivity index (χ1v) is 9.77. The van der Waals surface area contributed by atoms with Gasteiger partial charge in [0.15, 0.2) is 0 Å². The lowest BCUT2D eigenvalue weighted by Crippen LogP contribution is -2.47. The average molecular weight is 396 g/mol. The standard InChI is InChI=1S/C23H29N3O3/c1-23(2,17-9-7-6-8-10-17)24-21(27)14-18-15-29-20-12-11-16(22(28)25(3)4)13-19(20)26(18)5/h6-13,18H,14-15H2,1-5H3,(H,24,27)/t18-/m1/s1. The molecule has 1 N–H and O–H groups in total. The van der Waals surface area contributed by atoms with Gasteiger partial charge in [-0.1, -0.05) is 30.3 Å². The van der Waals surface area contributed by atoms with Crippen LogP contribution in [0.4, 0.5) is 5.69 Å². The molecular formula is C23H29N3O3. The minimum atomic E-state index is -0.463. The molecule has 0 unspecified atom stereocenters. The molecule has 1 atom stereocenters. The van der Waals surface area contributed by atoms with E-state index in [0.29, 0.717) is 18.6 Å². The van der Waals surface area contributed by atoms with E-state index in [1.54, 1.807) is 25.1 Å². The number of rotatable bonds is 5. The molecule has 6 nitrogen and oxygen atoms in total. The topological polar surface area (TPSA) is 61.9 Å². The zero-order valence-corrected chi connectivity index (χ0v) is 17.7. The maximum absolute atomic E-state index is 12.8. The van der Waals surface area contributed by atoms with Gasteiger partial charge in [0.2, 0.25) is 5.91 Å². The highest BCUT2D eigenvalue weighted by atomic mass is 16.5. The van der Waals surface area contributed by atoms with Gasteiger partial charge in [-0.3, -0.25) is 9.59 Å². The molecule has 1 aliphatic heterocycles. The molecule has 0 radical (unpaired) electrons. The Morgan fingerprint density at radius 3 is 2.52 bits per heavy atom. The van der Waals surface area contributed by atoms with Gasteiger partial charge in [0.05, 0.1) is 23.7 Å². The Labute approximate surface area is 172 Å².